The van der Waals surface area contributed by atoms with E-state index < -0.39 is 0 Å². The van der Waals surface area contributed by atoms with Gasteiger partial charge in [0, 0.05) is 5.39 Å². The highest BCUT2D eigenvalue weighted by atomic mass is 79.9. The fourth-order valence-electron chi connectivity index (χ4n) is 1.48. The molecule has 0 amide bonds. The first-order valence-corrected chi connectivity index (χ1v) is 5.70. The van der Waals surface area contributed by atoms with Crippen molar-refractivity contribution in [3.8, 4) is 12.3 Å². The van der Waals surface area contributed by atoms with Crippen molar-refractivity contribution >= 4 is 42.8 Å². The molecule has 2 aromatic rings. The molecule has 0 aliphatic heterocycles. The molecule has 1 heterocycles. The highest BCUT2D eigenvalue weighted by Gasteiger charge is 2.11. The van der Waals surface area contributed by atoms with Crippen LogP contribution in [0.2, 0.25) is 0 Å². The fourth-order valence-corrected chi connectivity index (χ4v) is 2.56. The van der Waals surface area contributed by atoms with Gasteiger partial charge in [0.15, 0.2) is 0 Å². The Hall–Kier alpha value is -0.720. The Morgan fingerprint density at radius 1 is 1.29 bits per heavy atom. The third-order valence-corrected chi connectivity index (χ3v) is 4.26. The summed E-state index contributed by atoms with van der Waals surface area (Å²) < 4.78 is 4.11. The number of hydrogen-bond acceptors (Lipinski definition) is 0. The van der Waals surface area contributed by atoms with Crippen LogP contribution in [0.15, 0.2) is 33.3 Å². The van der Waals surface area contributed by atoms with E-state index in [4.69, 9.17) is 6.42 Å². The van der Waals surface area contributed by atoms with Crippen LogP contribution >= 0.6 is 31.9 Å². The second-order valence-corrected chi connectivity index (χ2v) is 4.46. The monoisotopic (exact) mass is 311 g/mol. The van der Waals surface area contributed by atoms with Crippen molar-refractivity contribution in [3.05, 3.63) is 33.3 Å². The number of aromatic nitrogens is 1. The van der Waals surface area contributed by atoms with Gasteiger partial charge in [-0.15, -0.1) is 6.42 Å². The number of halogens is 2. The van der Waals surface area contributed by atoms with Gasteiger partial charge in [-0.1, -0.05) is 24.1 Å². The maximum Gasteiger partial charge on any atom is 0.101 e. The number of terminal acetylenes is 1. The molecule has 2 rings (SSSR count). The lowest BCUT2D eigenvalue weighted by Crippen LogP contribution is -1.94. The van der Waals surface area contributed by atoms with Crippen molar-refractivity contribution in [1.29, 1.82) is 0 Å². The van der Waals surface area contributed by atoms with Gasteiger partial charge >= 0.3 is 0 Å². The van der Waals surface area contributed by atoms with Gasteiger partial charge in [0.2, 0.25) is 0 Å². The SMILES string of the molecule is C#CCn1c(Br)c(Br)c2ccccc21. The first-order valence-electron chi connectivity index (χ1n) is 4.11. The summed E-state index contributed by atoms with van der Waals surface area (Å²) in [5.74, 6) is 2.64. The summed E-state index contributed by atoms with van der Waals surface area (Å²) in [5, 5.41) is 1.18. The molecule has 0 aliphatic carbocycles. The van der Waals surface area contributed by atoms with E-state index >= 15 is 0 Å². The summed E-state index contributed by atoms with van der Waals surface area (Å²) in [6.45, 7) is 0.576. The predicted octanol–water partition coefficient (Wildman–Crippen LogP) is 3.80. The van der Waals surface area contributed by atoms with Gasteiger partial charge in [0.25, 0.3) is 0 Å². The van der Waals surface area contributed by atoms with Crippen LogP contribution < -0.4 is 0 Å². The molecular formula is C11H7Br2N. The van der Waals surface area contributed by atoms with E-state index in [1.165, 1.54) is 5.39 Å². The van der Waals surface area contributed by atoms with Crippen molar-refractivity contribution in [3.63, 3.8) is 0 Å². The Morgan fingerprint density at radius 2 is 2.00 bits per heavy atom. The number of rotatable bonds is 1. The van der Waals surface area contributed by atoms with Crippen LogP contribution in [-0.4, -0.2) is 4.57 Å². The number of benzene rings is 1. The molecule has 70 valence electrons. The summed E-state index contributed by atoms with van der Waals surface area (Å²) in [6.07, 6.45) is 5.32. The molecule has 0 bridgehead atoms. The first-order chi connectivity index (χ1) is 6.75. The van der Waals surface area contributed by atoms with Crippen LogP contribution in [0.3, 0.4) is 0 Å². The van der Waals surface area contributed by atoms with Gasteiger partial charge in [-0.05, 0) is 37.9 Å². The van der Waals surface area contributed by atoms with Crippen molar-refractivity contribution < 1.29 is 0 Å². The molecular weight excluding hydrogens is 306 g/mol. The van der Waals surface area contributed by atoms with E-state index in [2.05, 4.69) is 54.5 Å². The molecule has 14 heavy (non-hydrogen) atoms. The van der Waals surface area contributed by atoms with Crippen LogP contribution in [0, 0.1) is 12.3 Å². The molecule has 0 spiro atoms. The summed E-state index contributed by atoms with van der Waals surface area (Å²) in [6, 6.07) is 8.15. The van der Waals surface area contributed by atoms with Crippen molar-refractivity contribution in [2.24, 2.45) is 0 Å². The summed E-state index contributed by atoms with van der Waals surface area (Å²) >= 11 is 7.05. The standard InChI is InChI=1S/C11H7Br2N/c1-2-7-14-9-6-4-3-5-8(9)10(12)11(14)13/h1,3-6H,7H2. The van der Waals surface area contributed by atoms with E-state index in [1.807, 2.05) is 12.1 Å². The lowest BCUT2D eigenvalue weighted by atomic mass is 10.2. The predicted molar refractivity (Wildman–Crippen MR) is 66.2 cm³/mol. The minimum absolute atomic E-state index is 0.576. The number of para-hydroxylation sites is 1. The molecule has 1 aromatic heterocycles. The van der Waals surface area contributed by atoms with E-state index in [0.29, 0.717) is 6.54 Å². The molecule has 0 fully saturated rings. The second kappa shape index (κ2) is 3.80. The zero-order valence-corrected chi connectivity index (χ0v) is 10.5. The molecule has 0 saturated heterocycles. The molecule has 0 aliphatic rings. The third-order valence-electron chi connectivity index (χ3n) is 2.10. The van der Waals surface area contributed by atoms with Crippen LogP contribution in [-0.2, 0) is 6.54 Å². The average Bonchev–Trinajstić information content (AvgIpc) is 2.45. The maximum absolute atomic E-state index is 5.32. The normalized spacial score (nSPS) is 10.4. The number of hydrogen-bond donors (Lipinski definition) is 0. The largest absolute Gasteiger partial charge is 0.323 e. The zero-order chi connectivity index (χ0) is 10.1. The van der Waals surface area contributed by atoms with Gasteiger partial charge in [-0.25, -0.2) is 0 Å². The molecule has 0 radical (unpaired) electrons. The Labute approximate surface area is 99.4 Å². The van der Waals surface area contributed by atoms with Gasteiger partial charge in [0.1, 0.15) is 4.60 Å². The number of nitrogens with zero attached hydrogens (tertiary/aromatic N) is 1. The Kier molecular flexibility index (Phi) is 2.66. The smallest absolute Gasteiger partial charge is 0.101 e. The highest BCUT2D eigenvalue weighted by molar-refractivity contribution is 9.13. The van der Waals surface area contributed by atoms with Gasteiger partial charge in [0.05, 0.1) is 16.5 Å². The summed E-state index contributed by atoms with van der Waals surface area (Å²) in [7, 11) is 0. The maximum atomic E-state index is 5.32. The quantitative estimate of drug-likeness (QED) is 0.706. The van der Waals surface area contributed by atoms with Gasteiger partial charge in [-0.3, -0.25) is 0 Å². The van der Waals surface area contributed by atoms with Crippen molar-refractivity contribution in [1.82, 2.24) is 4.57 Å². The third kappa shape index (κ3) is 1.39. The zero-order valence-electron chi connectivity index (χ0n) is 7.30. The molecule has 0 unspecified atom stereocenters. The first kappa shape index (κ1) is 9.82. The van der Waals surface area contributed by atoms with Crippen LogP contribution in [0.4, 0.5) is 0 Å². The van der Waals surface area contributed by atoms with Crippen LogP contribution in [0.25, 0.3) is 10.9 Å². The van der Waals surface area contributed by atoms with Crippen molar-refractivity contribution in [2.75, 3.05) is 0 Å². The average molecular weight is 313 g/mol. The van der Waals surface area contributed by atoms with E-state index in [-0.39, 0.29) is 0 Å². The minimum Gasteiger partial charge on any atom is -0.323 e. The van der Waals surface area contributed by atoms with Gasteiger partial charge in [-0.2, -0.15) is 0 Å². The summed E-state index contributed by atoms with van der Waals surface area (Å²) in [4.78, 5) is 0. The van der Waals surface area contributed by atoms with E-state index in [0.717, 1.165) is 14.6 Å². The molecule has 1 aromatic carbocycles. The Bertz CT molecular complexity index is 520. The molecule has 0 saturated carbocycles. The highest BCUT2D eigenvalue weighted by Crippen LogP contribution is 2.34. The molecule has 3 heteroatoms. The Balaban J connectivity index is 2.82. The molecule has 0 N–H and O–H groups in total. The molecule has 1 nitrogen and oxygen atoms in total. The second-order valence-electron chi connectivity index (χ2n) is 2.91. The van der Waals surface area contributed by atoms with Crippen LogP contribution in [0.1, 0.15) is 0 Å². The van der Waals surface area contributed by atoms with Crippen molar-refractivity contribution in [2.45, 2.75) is 6.54 Å². The van der Waals surface area contributed by atoms with Crippen LogP contribution in [0.5, 0.6) is 0 Å². The van der Waals surface area contributed by atoms with Gasteiger partial charge < -0.3 is 4.57 Å². The lowest BCUT2D eigenvalue weighted by molar-refractivity contribution is 0.861. The minimum atomic E-state index is 0.576. The Morgan fingerprint density at radius 3 is 2.71 bits per heavy atom. The summed E-state index contributed by atoms with van der Waals surface area (Å²) in [5.41, 5.74) is 1.14. The fraction of sp³-hybridized carbons (Fsp3) is 0.0909. The topological polar surface area (TPSA) is 4.93 Å². The van der Waals surface area contributed by atoms with E-state index in [1.54, 1.807) is 0 Å². The molecule has 0 atom stereocenters. The van der Waals surface area contributed by atoms with E-state index in [9.17, 15) is 0 Å². The number of fused-ring (bicyclic) bond motifs is 1. The lowest BCUT2D eigenvalue weighted by Gasteiger charge is -2.00.